The zero-order valence-corrected chi connectivity index (χ0v) is 13.2. The Bertz CT molecular complexity index is 457. The molecule has 1 N–H and O–H groups in total. The molecule has 13 heteroatoms. The summed E-state index contributed by atoms with van der Waals surface area (Å²) in [6.45, 7) is 0. The van der Waals surface area contributed by atoms with E-state index in [9.17, 15) is 19.5 Å². The van der Waals surface area contributed by atoms with Gasteiger partial charge in [-0.25, -0.2) is 4.79 Å². The number of hydrogen-bond donors (Lipinski definition) is 1. The summed E-state index contributed by atoms with van der Waals surface area (Å²) in [5.41, 5.74) is -2.14. The standard InChI is InChI=1S/C6H5O7P.C2H2O4.Ca/c7-3-1-6(10)2-4(8)12-14(11-3)13-5(6)9;3-1(4)2(5)6;/h10H,1-2H2;(H,3,4)(H,5,6);/q;;+2/p-2. The summed E-state index contributed by atoms with van der Waals surface area (Å²) in [6, 6.07) is 0. The molecule has 2 aliphatic rings. The van der Waals surface area contributed by atoms with Crippen molar-refractivity contribution in [3.8, 4) is 0 Å². The van der Waals surface area contributed by atoms with E-state index in [1.807, 2.05) is 0 Å². The first-order valence-corrected chi connectivity index (χ1v) is 5.82. The molecule has 2 fully saturated rings. The quantitative estimate of drug-likeness (QED) is 0.253. The fourth-order valence-electron chi connectivity index (χ4n) is 1.12. The molecule has 0 spiro atoms. The van der Waals surface area contributed by atoms with Gasteiger partial charge < -0.3 is 38.5 Å². The molecule has 0 saturated carbocycles. The Morgan fingerprint density at radius 3 is 1.71 bits per heavy atom. The Balaban J connectivity index is 0.000000495. The molecule has 0 aromatic rings. The van der Waals surface area contributed by atoms with Gasteiger partial charge in [0.2, 0.25) is 0 Å². The van der Waals surface area contributed by atoms with Gasteiger partial charge in [0.1, 0.15) is 0 Å². The summed E-state index contributed by atoms with van der Waals surface area (Å²) in [5, 5.41) is 27.5. The van der Waals surface area contributed by atoms with Gasteiger partial charge in [-0.15, -0.1) is 0 Å². The maximum atomic E-state index is 11.2. The number of fused-ring (bicyclic) bond motifs is 3. The monoisotopic (exact) mass is 348 g/mol. The maximum absolute atomic E-state index is 11.2. The van der Waals surface area contributed by atoms with E-state index in [-0.39, 0.29) is 37.7 Å². The number of carbonyl (C=O) groups is 5. The van der Waals surface area contributed by atoms with Crippen molar-refractivity contribution in [3.05, 3.63) is 0 Å². The first-order chi connectivity index (χ1) is 9.14. The number of carboxylic acid groups (broad SMARTS) is 2. The average molecular weight is 348 g/mol. The van der Waals surface area contributed by atoms with Gasteiger partial charge in [-0.2, -0.15) is 0 Å². The van der Waals surface area contributed by atoms with Crippen LogP contribution in [-0.4, -0.2) is 78.3 Å². The molecule has 0 radical (unpaired) electrons. The van der Waals surface area contributed by atoms with E-state index in [0.29, 0.717) is 0 Å². The molecule has 11 nitrogen and oxygen atoms in total. The first kappa shape index (κ1) is 20.0. The van der Waals surface area contributed by atoms with E-state index >= 15 is 0 Å². The van der Waals surface area contributed by atoms with Crippen LogP contribution >= 0.6 is 8.60 Å². The van der Waals surface area contributed by atoms with Gasteiger partial charge >= 0.3 is 64.2 Å². The molecule has 0 aromatic heterocycles. The minimum absolute atomic E-state index is 0. The van der Waals surface area contributed by atoms with Crippen LogP contribution in [0.2, 0.25) is 0 Å². The summed E-state index contributed by atoms with van der Waals surface area (Å²) in [5.74, 6) is -7.07. The predicted molar refractivity (Wildman–Crippen MR) is 55.1 cm³/mol. The van der Waals surface area contributed by atoms with Crippen molar-refractivity contribution in [2.24, 2.45) is 0 Å². The van der Waals surface area contributed by atoms with Gasteiger partial charge in [-0.3, -0.25) is 9.59 Å². The van der Waals surface area contributed by atoms with Crippen LogP contribution in [0.4, 0.5) is 0 Å². The van der Waals surface area contributed by atoms with E-state index in [0.717, 1.165) is 0 Å². The minimum Gasteiger partial charge on any atom is -0.543 e. The van der Waals surface area contributed by atoms with E-state index in [2.05, 4.69) is 13.6 Å². The Morgan fingerprint density at radius 1 is 1.00 bits per heavy atom. The molecule has 110 valence electrons. The second kappa shape index (κ2) is 7.85. The van der Waals surface area contributed by atoms with Crippen LogP contribution in [-0.2, 0) is 37.5 Å². The molecule has 2 rings (SSSR count). The predicted octanol–water partition coefficient (Wildman–Crippen LogP) is -4.51. The number of hydrogen-bond acceptors (Lipinski definition) is 11. The van der Waals surface area contributed by atoms with Gasteiger partial charge in [-0.05, 0) is 0 Å². The fraction of sp³-hybridized carbons (Fsp3) is 0.375. The normalized spacial score (nSPS) is 26.5. The van der Waals surface area contributed by atoms with Crippen LogP contribution in [0.1, 0.15) is 12.8 Å². The third-order valence-corrected chi connectivity index (χ3v) is 2.95. The largest absolute Gasteiger partial charge is 2.00 e. The average Bonchev–Trinajstić information content (AvgIpc) is 2.41. The zero-order chi connectivity index (χ0) is 15.5. The summed E-state index contributed by atoms with van der Waals surface area (Å²) in [7, 11) is -2.32. The third kappa shape index (κ3) is 5.71. The van der Waals surface area contributed by atoms with E-state index in [4.69, 9.17) is 19.8 Å². The molecule has 0 amide bonds. The Hall–Kier alpha value is -1.00. The molecule has 0 aliphatic carbocycles. The van der Waals surface area contributed by atoms with Gasteiger partial charge in [0.05, 0.1) is 24.8 Å². The van der Waals surface area contributed by atoms with Crippen molar-refractivity contribution in [3.63, 3.8) is 0 Å². The number of carboxylic acids is 2. The zero-order valence-electron chi connectivity index (χ0n) is 10.1. The number of carbonyl (C=O) groups excluding carboxylic acids is 5. The third-order valence-electron chi connectivity index (χ3n) is 1.93. The van der Waals surface area contributed by atoms with Crippen molar-refractivity contribution in [2.45, 2.75) is 18.4 Å². The molecule has 0 aromatic carbocycles. The van der Waals surface area contributed by atoms with Crippen molar-refractivity contribution in [1.82, 2.24) is 0 Å². The van der Waals surface area contributed by atoms with Crippen LogP contribution < -0.4 is 10.2 Å². The summed E-state index contributed by atoms with van der Waals surface area (Å²) in [4.78, 5) is 51.0. The van der Waals surface area contributed by atoms with Gasteiger partial charge in [0.25, 0.3) is 0 Å². The molecule has 0 unspecified atom stereocenters. The van der Waals surface area contributed by atoms with Gasteiger partial charge in [-0.1, -0.05) is 0 Å². The van der Waals surface area contributed by atoms with E-state index < -0.39 is 56.9 Å². The number of aliphatic carboxylic acids is 2. The van der Waals surface area contributed by atoms with Crippen LogP contribution in [0, 0.1) is 0 Å². The van der Waals surface area contributed by atoms with Crippen molar-refractivity contribution in [2.75, 3.05) is 0 Å². The van der Waals surface area contributed by atoms with Crippen LogP contribution in [0.5, 0.6) is 0 Å². The second-order valence-corrected chi connectivity index (χ2v) is 4.48. The van der Waals surface area contributed by atoms with Gasteiger partial charge in [0, 0.05) is 0 Å². The number of aliphatic hydroxyl groups is 1. The van der Waals surface area contributed by atoms with E-state index in [1.165, 1.54) is 0 Å². The summed E-state index contributed by atoms with van der Waals surface area (Å²) in [6.07, 6.45) is -1.17. The second-order valence-electron chi connectivity index (χ2n) is 3.49. The van der Waals surface area contributed by atoms with E-state index in [1.54, 1.807) is 0 Å². The Morgan fingerprint density at radius 2 is 1.38 bits per heavy atom. The van der Waals surface area contributed by atoms with Crippen LogP contribution in [0.3, 0.4) is 0 Å². The molecular formula is C8H5CaO11P. The molecule has 2 aliphatic heterocycles. The SMILES string of the molecule is O=C([O-])C(=O)[O-].O=C1CC2(O)CC(=O)OP(O1)OC2=O.[Ca+2]. The maximum Gasteiger partial charge on any atom is 2.00 e. The van der Waals surface area contributed by atoms with Crippen LogP contribution in [0.25, 0.3) is 0 Å². The summed E-state index contributed by atoms with van der Waals surface area (Å²) < 4.78 is 13.4. The molecule has 0 atom stereocenters. The minimum atomic E-state index is -2.32. The molecule has 21 heavy (non-hydrogen) atoms. The van der Waals surface area contributed by atoms with Crippen molar-refractivity contribution in [1.29, 1.82) is 0 Å². The van der Waals surface area contributed by atoms with Crippen molar-refractivity contribution < 1.29 is 52.9 Å². The fourth-order valence-corrected chi connectivity index (χ4v) is 2.00. The van der Waals surface area contributed by atoms with Crippen molar-refractivity contribution >= 4 is 76.2 Å². The molecule has 2 saturated heterocycles. The molecule has 2 bridgehead atoms. The number of rotatable bonds is 0. The topological polar surface area (TPSA) is 179 Å². The Kier molecular flexibility index (Phi) is 7.48. The first-order valence-electron chi connectivity index (χ1n) is 4.73. The smallest absolute Gasteiger partial charge is 0.543 e. The molecule has 2 heterocycles. The molecular weight excluding hydrogens is 343 g/mol. The Labute approximate surface area is 147 Å². The van der Waals surface area contributed by atoms with Crippen LogP contribution in [0.15, 0.2) is 0 Å². The summed E-state index contributed by atoms with van der Waals surface area (Å²) >= 11 is 0. The van der Waals surface area contributed by atoms with Gasteiger partial charge in [0.15, 0.2) is 5.60 Å².